The number of benzene rings is 1. The number of rotatable bonds is 30. The van der Waals surface area contributed by atoms with Crippen LogP contribution >= 0.6 is 0 Å². The molecule has 308 valence electrons. The molecule has 0 bridgehead atoms. The Balaban J connectivity index is 1.03. The molecule has 0 unspecified atom stereocenters. The van der Waals surface area contributed by atoms with Crippen LogP contribution in [0.3, 0.4) is 0 Å². The molecule has 55 heavy (non-hydrogen) atoms. The summed E-state index contributed by atoms with van der Waals surface area (Å²) in [5.74, 6) is 1.08. The van der Waals surface area contributed by atoms with E-state index in [0.717, 1.165) is 86.8 Å². The van der Waals surface area contributed by atoms with Gasteiger partial charge in [-0.3, -0.25) is 9.69 Å². The molecule has 0 aliphatic carbocycles. The number of piperazine rings is 1. The number of methoxy groups -OCH3 is 1. The summed E-state index contributed by atoms with van der Waals surface area (Å²) in [7, 11) is 1.76. The van der Waals surface area contributed by atoms with Gasteiger partial charge in [0.25, 0.3) is 0 Å². The molecular formula is C43H73N9O3. The summed E-state index contributed by atoms with van der Waals surface area (Å²) in [4.78, 5) is 25.0. The van der Waals surface area contributed by atoms with Crippen molar-refractivity contribution in [2.45, 2.75) is 135 Å². The Bertz CT molecular complexity index is 1510. The van der Waals surface area contributed by atoms with Crippen LogP contribution in [0.25, 0.3) is 11.0 Å². The topological polar surface area (TPSA) is 160 Å². The number of nitrogens with zero attached hydrogens (tertiary/aromatic N) is 5. The lowest BCUT2D eigenvalue weighted by atomic mass is 10.0. The van der Waals surface area contributed by atoms with Crippen molar-refractivity contribution in [1.82, 2.24) is 29.7 Å². The third-order valence-electron chi connectivity index (χ3n) is 11.0. The third-order valence-corrected chi connectivity index (χ3v) is 11.0. The van der Waals surface area contributed by atoms with Gasteiger partial charge in [0.2, 0.25) is 5.95 Å². The van der Waals surface area contributed by atoms with E-state index in [9.17, 15) is 4.79 Å². The van der Waals surface area contributed by atoms with E-state index < -0.39 is 12.0 Å². The van der Waals surface area contributed by atoms with E-state index in [2.05, 4.69) is 66.3 Å². The predicted octanol–water partition coefficient (Wildman–Crippen LogP) is 7.25. The zero-order valence-corrected chi connectivity index (χ0v) is 34.2. The minimum absolute atomic E-state index is 0.292. The van der Waals surface area contributed by atoms with E-state index in [1.165, 1.54) is 102 Å². The molecule has 1 atom stereocenters. The van der Waals surface area contributed by atoms with Crippen molar-refractivity contribution in [3.8, 4) is 5.75 Å². The number of nitrogens with one attached hydrogen (secondary N) is 2. The van der Waals surface area contributed by atoms with Gasteiger partial charge < -0.3 is 41.4 Å². The highest BCUT2D eigenvalue weighted by Crippen LogP contribution is 2.28. The fourth-order valence-corrected chi connectivity index (χ4v) is 7.63. The Hall–Kier alpha value is -3.45. The van der Waals surface area contributed by atoms with Crippen molar-refractivity contribution in [2.75, 3.05) is 70.5 Å². The molecule has 12 nitrogen and oxygen atoms in total. The van der Waals surface area contributed by atoms with Crippen LogP contribution in [0.15, 0.2) is 30.5 Å². The standard InChI is InChI=1S/C43H73N9O3/c1-3-4-16-24-47-41-40-38(48-43(45)49-41)22-27-52(40)34-36-20-19-35(32-39(36)55-2)33-51-30-28-50(29-31-51)26-18-15-13-11-9-7-5-6-8-10-12-14-17-23-46-25-21-37(44)42(53)54/h19-20,22,27,32,37,46H,3-18,21,23-26,28-31,33-34,44H2,1-2H3,(H,53,54)(H3,45,47,48,49)/t37-/m1/s1. The van der Waals surface area contributed by atoms with Gasteiger partial charge in [0, 0.05) is 51.0 Å². The van der Waals surface area contributed by atoms with Crippen LogP contribution in [0, 0.1) is 0 Å². The lowest BCUT2D eigenvalue weighted by molar-refractivity contribution is -0.138. The number of hydrogen-bond donors (Lipinski definition) is 5. The van der Waals surface area contributed by atoms with E-state index in [0.29, 0.717) is 25.5 Å². The van der Waals surface area contributed by atoms with Gasteiger partial charge in [-0.15, -0.1) is 0 Å². The van der Waals surface area contributed by atoms with Crippen LogP contribution in [-0.2, 0) is 17.9 Å². The number of ether oxygens (including phenoxy) is 1. The van der Waals surface area contributed by atoms with Crippen LogP contribution in [-0.4, -0.2) is 101 Å². The van der Waals surface area contributed by atoms with Gasteiger partial charge in [-0.05, 0) is 63.0 Å². The molecule has 3 aromatic rings. The van der Waals surface area contributed by atoms with Crippen LogP contribution < -0.4 is 26.8 Å². The van der Waals surface area contributed by atoms with Gasteiger partial charge in [-0.1, -0.05) is 103 Å². The number of nitrogens with two attached hydrogens (primary N) is 2. The zero-order valence-electron chi connectivity index (χ0n) is 34.2. The Morgan fingerprint density at radius 2 is 1.45 bits per heavy atom. The molecule has 2 aromatic heterocycles. The van der Waals surface area contributed by atoms with Crippen LogP contribution in [0.2, 0.25) is 0 Å². The van der Waals surface area contributed by atoms with E-state index in [-0.39, 0.29) is 0 Å². The Morgan fingerprint density at radius 1 is 0.818 bits per heavy atom. The summed E-state index contributed by atoms with van der Waals surface area (Å²) in [5.41, 5.74) is 15.8. The molecule has 3 heterocycles. The van der Waals surface area contributed by atoms with Gasteiger partial charge >= 0.3 is 5.97 Å². The van der Waals surface area contributed by atoms with E-state index in [1.807, 2.05) is 6.07 Å². The second-order valence-electron chi connectivity index (χ2n) is 15.6. The second kappa shape index (κ2) is 25.7. The van der Waals surface area contributed by atoms with Gasteiger partial charge in [0.05, 0.1) is 19.2 Å². The molecule has 1 saturated heterocycles. The molecule has 0 radical (unpaired) electrons. The van der Waals surface area contributed by atoms with E-state index in [1.54, 1.807) is 7.11 Å². The number of carboxylic acid groups (broad SMARTS) is 1. The first-order valence-electron chi connectivity index (χ1n) is 21.5. The number of carboxylic acids is 1. The lowest BCUT2D eigenvalue weighted by Gasteiger charge is -2.34. The van der Waals surface area contributed by atoms with E-state index >= 15 is 0 Å². The molecule has 7 N–H and O–H groups in total. The maximum atomic E-state index is 10.7. The number of aliphatic carboxylic acids is 1. The van der Waals surface area contributed by atoms with Crippen LogP contribution in [0.5, 0.6) is 5.75 Å². The van der Waals surface area contributed by atoms with Crippen molar-refractivity contribution in [1.29, 1.82) is 0 Å². The fourth-order valence-electron chi connectivity index (χ4n) is 7.63. The van der Waals surface area contributed by atoms with Crippen molar-refractivity contribution in [3.63, 3.8) is 0 Å². The summed E-state index contributed by atoms with van der Waals surface area (Å²) >= 11 is 0. The summed E-state index contributed by atoms with van der Waals surface area (Å²) in [5, 5.41) is 15.6. The first-order chi connectivity index (χ1) is 26.9. The number of nitrogen functional groups attached to an aromatic ring is 1. The SMILES string of the molecule is CCCCCNc1nc(N)nc2ccn(Cc3ccc(CN4CCN(CCCCCCCCCCCCCCCNCC[C@@H](N)C(=O)O)CC4)cc3OC)c12. The molecule has 1 aromatic carbocycles. The normalized spacial score (nSPS) is 14.5. The number of hydrogen-bond acceptors (Lipinski definition) is 10. The first-order valence-corrected chi connectivity index (χ1v) is 21.5. The van der Waals surface area contributed by atoms with Crippen LogP contribution in [0.4, 0.5) is 11.8 Å². The van der Waals surface area contributed by atoms with Gasteiger partial charge in [-0.2, -0.15) is 4.98 Å². The smallest absolute Gasteiger partial charge is 0.320 e. The number of fused-ring (bicyclic) bond motifs is 1. The molecule has 4 rings (SSSR count). The fraction of sp³-hybridized carbons (Fsp3) is 0.698. The monoisotopic (exact) mass is 764 g/mol. The Morgan fingerprint density at radius 3 is 2.11 bits per heavy atom. The summed E-state index contributed by atoms with van der Waals surface area (Å²) in [6, 6.07) is 7.94. The third kappa shape index (κ3) is 16.3. The van der Waals surface area contributed by atoms with E-state index in [4.69, 9.17) is 21.3 Å². The van der Waals surface area contributed by atoms with Crippen molar-refractivity contribution >= 4 is 28.8 Å². The average molecular weight is 764 g/mol. The minimum Gasteiger partial charge on any atom is -0.496 e. The average Bonchev–Trinajstić information content (AvgIpc) is 3.59. The molecule has 12 heteroatoms. The summed E-state index contributed by atoms with van der Waals surface area (Å²) < 4.78 is 8.10. The predicted molar refractivity (Wildman–Crippen MR) is 227 cm³/mol. The van der Waals surface area contributed by atoms with Crippen molar-refractivity contribution in [2.24, 2.45) is 5.73 Å². The van der Waals surface area contributed by atoms with Crippen molar-refractivity contribution < 1.29 is 14.6 Å². The molecule has 0 spiro atoms. The second-order valence-corrected chi connectivity index (χ2v) is 15.6. The number of carbonyl (C=O) groups is 1. The molecule has 1 fully saturated rings. The first kappa shape index (κ1) is 44.3. The molecule has 0 amide bonds. The van der Waals surface area contributed by atoms with Crippen molar-refractivity contribution in [3.05, 3.63) is 41.6 Å². The molecule has 0 saturated carbocycles. The molecule has 1 aliphatic heterocycles. The van der Waals surface area contributed by atoms with Gasteiger partial charge in [-0.25, -0.2) is 4.98 Å². The Labute approximate surface area is 331 Å². The quantitative estimate of drug-likeness (QED) is 0.0435. The largest absolute Gasteiger partial charge is 0.496 e. The molecular weight excluding hydrogens is 691 g/mol. The molecule has 1 aliphatic rings. The van der Waals surface area contributed by atoms with Gasteiger partial charge in [0.1, 0.15) is 17.3 Å². The zero-order chi connectivity index (χ0) is 39.1. The van der Waals surface area contributed by atoms with Gasteiger partial charge in [0.15, 0.2) is 5.82 Å². The highest BCUT2D eigenvalue weighted by Gasteiger charge is 2.18. The summed E-state index contributed by atoms with van der Waals surface area (Å²) in [6.45, 7) is 12.1. The minimum atomic E-state index is -0.917. The van der Waals surface area contributed by atoms with Crippen LogP contribution in [0.1, 0.15) is 127 Å². The highest BCUT2D eigenvalue weighted by molar-refractivity contribution is 5.87. The lowest BCUT2D eigenvalue weighted by Crippen LogP contribution is -2.46. The number of anilines is 2. The maximum absolute atomic E-state index is 10.7. The number of unbranched alkanes of at least 4 members (excludes halogenated alkanes) is 14. The maximum Gasteiger partial charge on any atom is 0.320 e. The highest BCUT2D eigenvalue weighted by atomic mass is 16.5. The number of aromatic nitrogens is 3. The summed E-state index contributed by atoms with van der Waals surface area (Å²) in [6.07, 6.45) is 23.3. The Kier molecular flexibility index (Phi) is 20.7.